The van der Waals surface area contributed by atoms with E-state index in [4.69, 9.17) is 4.74 Å². The summed E-state index contributed by atoms with van der Waals surface area (Å²) < 4.78 is 5.31. The van der Waals surface area contributed by atoms with E-state index in [2.05, 4.69) is 4.98 Å². The summed E-state index contributed by atoms with van der Waals surface area (Å²) in [5.41, 5.74) is 2.61. The van der Waals surface area contributed by atoms with Crippen molar-refractivity contribution < 1.29 is 9.53 Å². The van der Waals surface area contributed by atoms with Crippen molar-refractivity contribution in [2.24, 2.45) is 5.92 Å². The molecule has 98 valence electrons. The SMILES string of the molecule is Cc1cc(C(=O)C2CCOCC2)nc2ccccc12. The highest BCUT2D eigenvalue weighted by Crippen LogP contribution is 2.23. The maximum absolute atomic E-state index is 12.5. The molecule has 3 nitrogen and oxygen atoms in total. The van der Waals surface area contributed by atoms with Gasteiger partial charge in [0.2, 0.25) is 0 Å². The van der Waals surface area contributed by atoms with Crippen molar-refractivity contribution in [1.82, 2.24) is 4.98 Å². The van der Waals surface area contributed by atoms with Crippen molar-refractivity contribution in [2.45, 2.75) is 19.8 Å². The third-order valence-corrected chi connectivity index (χ3v) is 3.77. The van der Waals surface area contributed by atoms with Crippen LogP contribution in [-0.2, 0) is 4.74 Å². The van der Waals surface area contributed by atoms with Gasteiger partial charge in [0.15, 0.2) is 5.78 Å². The fourth-order valence-corrected chi connectivity index (χ4v) is 2.64. The fraction of sp³-hybridized carbons (Fsp3) is 0.375. The van der Waals surface area contributed by atoms with E-state index >= 15 is 0 Å². The molecule has 0 unspecified atom stereocenters. The normalized spacial score (nSPS) is 16.7. The number of carbonyl (C=O) groups excluding carboxylic acids is 1. The van der Waals surface area contributed by atoms with Crippen LogP contribution in [0.1, 0.15) is 28.9 Å². The molecular weight excluding hydrogens is 238 g/mol. The highest BCUT2D eigenvalue weighted by Gasteiger charge is 2.24. The van der Waals surface area contributed by atoms with Crippen LogP contribution in [-0.4, -0.2) is 24.0 Å². The van der Waals surface area contributed by atoms with Gasteiger partial charge in [-0.2, -0.15) is 0 Å². The molecule has 0 amide bonds. The number of pyridine rings is 1. The number of ether oxygens (including phenoxy) is 1. The van der Waals surface area contributed by atoms with Gasteiger partial charge >= 0.3 is 0 Å². The van der Waals surface area contributed by atoms with Crippen LogP contribution in [0.25, 0.3) is 10.9 Å². The van der Waals surface area contributed by atoms with Gasteiger partial charge in [0.25, 0.3) is 0 Å². The lowest BCUT2D eigenvalue weighted by Crippen LogP contribution is -2.24. The maximum atomic E-state index is 12.5. The van der Waals surface area contributed by atoms with Gasteiger partial charge < -0.3 is 4.74 Å². The second-order valence-electron chi connectivity index (χ2n) is 5.09. The molecule has 19 heavy (non-hydrogen) atoms. The molecule has 0 N–H and O–H groups in total. The summed E-state index contributed by atoms with van der Waals surface area (Å²) in [4.78, 5) is 17.0. The number of para-hydroxylation sites is 1. The van der Waals surface area contributed by atoms with Gasteiger partial charge in [-0.15, -0.1) is 0 Å². The zero-order chi connectivity index (χ0) is 13.2. The van der Waals surface area contributed by atoms with Crippen LogP contribution in [0.4, 0.5) is 0 Å². The Morgan fingerprint density at radius 1 is 1.26 bits per heavy atom. The topological polar surface area (TPSA) is 39.2 Å². The molecule has 2 aromatic rings. The second-order valence-corrected chi connectivity index (χ2v) is 5.09. The first-order chi connectivity index (χ1) is 9.25. The summed E-state index contributed by atoms with van der Waals surface area (Å²) in [6.07, 6.45) is 1.62. The molecular formula is C16H17NO2. The average molecular weight is 255 g/mol. The second kappa shape index (κ2) is 5.10. The number of aryl methyl sites for hydroxylation is 1. The van der Waals surface area contributed by atoms with Gasteiger partial charge in [-0.3, -0.25) is 4.79 Å². The van der Waals surface area contributed by atoms with Crippen LogP contribution < -0.4 is 0 Å². The summed E-state index contributed by atoms with van der Waals surface area (Å²) in [7, 11) is 0. The molecule has 1 aliphatic heterocycles. The highest BCUT2D eigenvalue weighted by molar-refractivity contribution is 5.98. The zero-order valence-electron chi connectivity index (χ0n) is 11.1. The quantitative estimate of drug-likeness (QED) is 0.774. The summed E-state index contributed by atoms with van der Waals surface area (Å²) >= 11 is 0. The van der Waals surface area contributed by atoms with Gasteiger partial charge in [-0.25, -0.2) is 4.98 Å². The molecule has 0 atom stereocenters. The number of aromatic nitrogens is 1. The van der Waals surface area contributed by atoms with Gasteiger partial charge in [0.05, 0.1) is 5.52 Å². The lowest BCUT2D eigenvalue weighted by molar-refractivity contribution is 0.0542. The van der Waals surface area contributed by atoms with Crippen LogP contribution in [0, 0.1) is 12.8 Å². The number of ketones is 1. The van der Waals surface area contributed by atoms with E-state index in [0.29, 0.717) is 18.9 Å². The Morgan fingerprint density at radius 3 is 2.79 bits per heavy atom. The first-order valence-corrected chi connectivity index (χ1v) is 6.74. The van der Waals surface area contributed by atoms with E-state index in [-0.39, 0.29) is 11.7 Å². The predicted molar refractivity (Wildman–Crippen MR) is 74.4 cm³/mol. The minimum atomic E-state index is 0.0711. The fourth-order valence-electron chi connectivity index (χ4n) is 2.64. The van der Waals surface area contributed by atoms with E-state index in [1.807, 2.05) is 37.3 Å². The van der Waals surface area contributed by atoms with E-state index in [0.717, 1.165) is 29.3 Å². The molecule has 0 saturated carbocycles. The van der Waals surface area contributed by atoms with E-state index < -0.39 is 0 Å². The Bertz CT molecular complexity index is 615. The summed E-state index contributed by atoms with van der Waals surface area (Å²) in [6, 6.07) is 9.87. The Labute approximate surface area is 112 Å². The number of rotatable bonds is 2. The van der Waals surface area contributed by atoms with Gasteiger partial charge in [0, 0.05) is 24.5 Å². The van der Waals surface area contributed by atoms with Crippen LogP contribution >= 0.6 is 0 Å². The molecule has 3 rings (SSSR count). The Balaban J connectivity index is 1.98. The van der Waals surface area contributed by atoms with Gasteiger partial charge in [-0.1, -0.05) is 18.2 Å². The molecule has 0 spiro atoms. The number of benzene rings is 1. The lowest BCUT2D eigenvalue weighted by atomic mass is 9.92. The largest absolute Gasteiger partial charge is 0.381 e. The van der Waals surface area contributed by atoms with Crippen LogP contribution in [0.15, 0.2) is 30.3 Å². The number of fused-ring (bicyclic) bond motifs is 1. The van der Waals surface area contributed by atoms with E-state index in [9.17, 15) is 4.79 Å². The number of carbonyl (C=O) groups is 1. The van der Waals surface area contributed by atoms with E-state index in [1.54, 1.807) is 0 Å². The van der Waals surface area contributed by atoms with Crippen LogP contribution in [0.2, 0.25) is 0 Å². The smallest absolute Gasteiger partial charge is 0.184 e. The molecule has 1 saturated heterocycles. The molecule has 1 aromatic carbocycles. The molecule has 1 fully saturated rings. The molecule has 0 radical (unpaired) electrons. The van der Waals surface area contributed by atoms with Crippen molar-refractivity contribution in [3.8, 4) is 0 Å². The number of Topliss-reactive ketones (excluding diaryl/α,β-unsaturated/α-hetero) is 1. The Hall–Kier alpha value is -1.74. The predicted octanol–water partition coefficient (Wildman–Crippen LogP) is 3.15. The van der Waals surface area contributed by atoms with Crippen molar-refractivity contribution in [3.63, 3.8) is 0 Å². The summed E-state index contributed by atoms with van der Waals surface area (Å²) in [6.45, 7) is 3.40. The maximum Gasteiger partial charge on any atom is 0.184 e. The average Bonchev–Trinajstić information content (AvgIpc) is 2.47. The van der Waals surface area contributed by atoms with Gasteiger partial charge in [-0.05, 0) is 37.5 Å². The first kappa shape index (κ1) is 12.3. The lowest BCUT2D eigenvalue weighted by Gasteiger charge is -2.20. The van der Waals surface area contributed by atoms with Crippen molar-refractivity contribution in [3.05, 3.63) is 41.6 Å². The highest BCUT2D eigenvalue weighted by atomic mass is 16.5. The third-order valence-electron chi connectivity index (χ3n) is 3.77. The summed E-state index contributed by atoms with van der Waals surface area (Å²) in [5.74, 6) is 0.235. The third kappa shape index (κ3) is 2.38. The standard InChI is InChI=1S/C16H17NO2/c1-11-10-15(16(18)12-6-8-19-9-7-12)17-14-5-3-2-4-13(11)14/h2-5,10,12H,6-9H2,1H3. The van der Waals surface area contributed by atoms with E-state index in [1.165, 1.54) is 0 Å². The Morgan fingerprint density at radius 2 is 2.00 bits per heavy atom. The number of nitrogens with zero attached hydrogens (tertiary/aromatic N) is 1. The monoisotopic (exact) mass is 255 g/mol. The molecule has 1 aromatic heterocycles. The molecule has 0 bridgehead atoms. The minimum Gasteiger partial charge on any atom is -0.381 e. The first-order valence-electron chi connectivity index (χ1n) is 6.74. The zero-order valence-corrected chi connectivity index (χ0v) is 11.1. The molecule has 0 aliphatic carbocycles. The molecule has 2 heterocycles. The number of hydrogen-bond donors (Lipinski definition) is 0. The molecule has 3 heteroatoms. The summed E-state index contributed by atoms with van der Waals surface area (Å²) in [5, 5.41) is 1.12. The van der Waals surface area contributed by atoms with Gasteiger partial charge in [0.1, 0.15) is 5.69 Å². The van der Waals surface area contributed by atoms with Crippen molar-refractivity contribution in [2.75, 3.05) is 13.2 Å². The van der Waals surface area contributed by atoms with Crippen molar-refractivity contribution in [1.29, 1.82) is 0 Å². The van der Waals surface area contributed by atoms with Crippen LogP contribution in [0.5, 0.6) is 0 Å². The number of hydrogen-bond acceptors (Lipinski definition) is 3. The van der Waals surface area contributed by atoms with Crippen molar-refractivity contribution >= 4 is 16.7 Å². The minimum absolute atomic E-state index is 0.0711. The molecule has 1 aliphatic rings. The van der Waals surface area contributed by atoms with Crippen LogP contribution in [0.3, 0.4) is 0 Å². The Kier molecular flexibility index (Phi) is 3.30.